The molecule has 2 N–H and O–H groups in total. The van der Waals surface area contributed by atoms with Crippen LogP contribution in [-0.4, -0.2) is 23.1 Å². The van der Waals surface area contributed by atoms with Gasteiger partial charge in [0, 0.05) is 22.5 Å². The van der Waals surface area contributed by atoms with Crippen LogP contribution in [0.5, 0.6) is 0 Å². The number of rotatable bonds is 5. The van der Waals surface area contributed by atoms with Gasteiger partial charge < -0.3 is 15.2 Å². The van der Waals surface area contributed by atoms with Crippen LogP contribution in [0.25, 0.3) is 11.4 Å². The predicted molar refractivity (Wildman–Crippen MR) is 101 cm³/mol. The first-order valence-corrected chi connectivity index (χ1v) is 8.97. The normalized spacial score (nSPS) is 11.6. The fourth-order valence-corrected chi connectivity index (χ4v) is 3.14. The molecular formula is C17H18ClN5OS. The lowest BCUT2D eigenvalue weighted by atomic mass is 10.2. The summed E-state index contributed by atoms with van der Waals surface area (Å²) in [4.78, 5) is 9.86. The molecule has 8 heteroatoms. The Morgan fingerprint density at radius 1 is 1.20 bits per heavy atom. The molecule has 2 heterocycles. The van der Waals surface area contributed by atoms with Crippen molar-refractivity contribution in [3.05, 3.63) is 57.1 Å². The summed E-state index contributed by atoms with van der Waals surface area (Å²) in [6, 6.07) is 9.41. The minimum absolute atomic E-state index is 0.393. The third kappa shape index (κ3) is 4.58. The number of aryl methyl sites for hydroxylation is 1. The van der Waals surface area contributed by atoms with Crippen molar-refractivity contribution in [3.63, 3.8) is 0 Å². The van der Waals surface area contributed by atoms with E-state index in [1.807, 2.05) is 12.1 Å². The number of aromatic nitrogens is 2. The van der Waals surface area contributed by atoms with E-state index in [4.69, 9.17) is 16.1 Å². The highest BCUT2D eigenvalue weighted by Gasteiger charge is 2.09. The number of aliphatic imine (C=N–C) groups is 1. The maximum absolute atomic E-state index is 5.89. The van der Waals surface area contributed by atoms with Gasteiger partial charge >= 0.3 is 0 Å². The lowest BCUT2D eigenvalue weighted by Gasteiger charge is -2.09. The molecule has 0 aliphatic heterocycles. The molecular weight excluding hydrogens is 358 g/mol. The number of nitrogens with one attached hydrogen (secondary N) is 2. The van der Waals surface area contributed by atoms with Crippen molar-refractivity contribution >= 4 is 28.9 Å². The maximum Gasteiger partial charge on any atom is 0.246 e. The summed E-state index contributed by atoms with van der Waals surface area (Å²) < 4.78 is 5.28. The van der Waals surface area contributed by atoms with Gasteiger partial charge in [-0.1, -0.05) is 16.8 Å². The summed E-state index contributed by atoms with van der Waals surface area (Å²) in [6.07, 6.45) is 0. The van der Waals surface area contributed by atoms with E-state index in [0.717, 1.165) is 12.1 Å². The minimum Gasteiger partial charge on any atom is -0.352 e. The van der Waals surface area contributed by atoms with Crippen LogP contribution in [0.1, 0.15) is 16.3 Å². The van der Waals surface area contributed by atoms with E-state index in [-0.39, 0.29) is 0 Å². The molecule has 3 rings (SSSR count). The maximum atomic E-state index is 5.89. The van der Waals surface area contributed by atoms with E-state index in [9.17, 15) is 0 Å². The summed E-state index contributed by atoms with van der Waals surface area (Å²) in [7, 11) is 1.73. The number of halogens is 1. The largest absolute Gasteiger partial charge is 0.352 e. The van der Waals surface area contributed by atoms with Crippen molar-refractivity contribution in [2.75, 3.05) is 7.05 Å². The van der Waals surface area contributed by atoms with Gasteiger partial charge in [-0.05, 0) is 48.2 Å². The van der Waals surface area contributed by atoms with Crippen molar-refractivity contribution in [1.29, 1.82) is 0 Å². The number of thiophene rings is 1. The highest BCUT2D eigenvalue weighted by Crippen LogP contribution is 2.18. The smallest absolute Gasteiger partial charge is 0.246 e. The van der Waals surface area contributed by atoms with Crippen LogP contribution < -0.4 is 10.6 Å². The zero-order valence-corrected chi connectivity index (χ0v) is 15.5. The fraction of sp³-hybridized carbons (Fsp3) is 0.235. The summed E-state index contributed by atoms with van der Waals surface area (Å²) in [5.74, 6) is 1.70. The second-order valence-corrected chi connectivity index (χ2v) is 6.76. The third-order valence-corrected chi connectivity index (χ3v) is 4.86. The van der Waals surface area contributed by atoms with Crippen molar-refractivity contribution in [2.24, 2.45) is 4.99 Å². The SMILES string of the molecule is CN=C(NCc1nc(-c2ccc(Cl)cc2)no1)NCc1sccc1C. The average molecular weight is 376 g/mol. The molecule has 0 amide bonds. The Morgan fingerprint density at radius 2 is 1.96 bits per heavy atom. The van der Waals surface area contributed by atoms with E-state index in [2.05, 4.69) is 44.1 Å². The summed E-state index contributed by atoms with van der Waals surface area (Å²) >= 11 is 7.61. The Balaban J connectivity index is 1.55. The molecule has 3 aromatic rings. The van der Waals surface area contributed by atoms with Crippen LogP contribution in [0.3, 0.4) is 0 Å². The predicted octanol–water partition coefficient (Wildman–Crippen LogP) is 3.63. The Labute approximate surface area is 154 Å². The van der Waals surface area contributed by atoms with Crippen molar-refractivity contribution < 1.29 is 4.52 Å². The summed E-state index contributed by atoms with van der Waals surface area (Å²) in [5, 5.41) is 13.2. The highest BCUT2D eigenvalue weighted by molar-refractivity contribution is 7.10. The van der Waals surface area contributed by atoms with Gasteiger partial charge in [-0.2, -0.15) is 4.98 Å². The Hall–Kier alpha value is -2.38. The molecule has 0 aliphatic carbocycles. The number of guanidine groups is 1. The molecule has 0 saturated carbocycles. The minimum atomic E-state index is 0.393. The zero-order chi connectivity index (χ0) is 17.6. The standard InChI is InChI=1S/C17H18ClN5OS/c1-11-7-8-25-14(11)9-20-17(19-2)21-10-15-22-16(23-24-15)12-3-5-13(18)6-4-12/h3-8H,9-10H2,1-2H3,(H2,19,20,21). The molecule has 0 saturated heterocycles. The quantitative estimate of drug-likeness (QED) is 0.526. The lowest BCUT2D eigenvalue weighted by Crippen LogP contribution is -2.36. The highest BCUT2D eigenvalue weighted by atomic mass is 35.5. The van der Waals surface area contributed by atoms with Gasteiger partial charge in [0.1, 0.15) is 0 Å². The van der Waals surface area contributed by atoms with Crippen molar-refractivity contribution in [1.82, 2.24) is 20.8 Å². The number of hydrogen-bond donors (Lipinski definition) is 2. The molecule has 0 spiro atoms. The Morgan fingerprint density at radius 3 is 2.64 bits per heavy atom. The van der Waals surface area contributed by atoms with Crippen LogP contribution >= 0.6 is 22.9 Å². The first-order chi connectivity index (χ1) is 12.2. The van der Waals surface area contributed by atoms with Gasteiger partial charge in [-0.25, -0.2) is 0 Å². The van der Waals surface area contributed by atoms with Gasteiger partial charge in [0.15, 0.2) is 5.96 Å². The van der Waals surface area contributed by atoms with Crippen molar-refractivity contribution in [2.45, 2.75) is 20.0 Å². The molecule has 0 unspecified atom stereocenters. The molecule has 0 aliphatic rings. The molecule has 0 radical (unpaired) electrons. The molecule has 0 fully saturated rings. The van der Waals surface area contributed by atoms with Crippen LogP contribution in [0.2, 0.25) is 5.02 Å². The van der Waals surface area contributed by atoms with Crippen LogP contribution in [-0.2, 0) is 13.1 Å². The second-order valence-electron chi connectivity index (χ2n) is 5.32. The molecule has 1 aromatic carbocycles. The van der Waals surface area contributed by atoms with Gasteiger partial charge in [-0.3, -0.25) is 4.99 Å². The van der Waals surface area contributed by atoms with E-state index in [1.165, 1.54) is 10.4 Å². The first-order valence-electron chi connectivity index (χ1n) is 7.71. The van der Waals surface area contributed by atoms with Gasteiger partial charge in [0.25, 0.3) is 0 Å². The number of nitrogens with zero attached hydrogens (tertiary/aromatic N) is 3. The first kappa shape index (κ1) is 17.4. The van der Waals surface area contributed by atoms with Crippen LogP contribution in [0.15, 0.2) is 45.2 Å². The molecule has 2 aromatic heterocycles. The summed E-state index contributed by atoms with van der Waals surface area (Å²) in [6.45, 7) is 3.22. The van der Waals surface area contributed by atoms with Crippen LogP contribution in [0.4, 0.5) is 0 Å². The topological polar surface area (TPSA) is 75.3 Å². The van der Waals surface area contributed by atoms with E-state index in [0.29, 0.717) is 29.2 Å². The van der Waals surface area contributed by atoms with Gasteiger partial charge in [-0.15, -0.1) is 11.3 Å². The third-order valence-electron chi connectivity index (χ3n) is 3.59. The molecule has 25 heavy (non-hydrogen) atoms. The monoisotopic (exact) mass is 375 g/mol. The van der Waals surface area contributed by atoms with Crippen LogP contribution in [0, 0.1) is 6.92 Å². The summed E-state index contributed by atoms with van der Waals surface area (Å²) in [5.41, 5.74) is 2.13. The molecule has 6 nitrogen and oxygen atoms in total. The fourth-order valence-electron chi connectivity index (χ4n) is 2.17. The molecule has 130 valence electrons. The second kappa shape index (κ2) is 8.13. The lowest BCUT2D eigenvalue weighted by molar-refractivity contribution is 0.375. The van der Waals surface area contributed by atoms with Crippen molar-refractivity contribution in [3.8, 4) is 11.4 Å². The van der Waals surface area contributed by atoms with Gasteiger partial charge in [0.2, 0.25) is 11.7 Å². The van der Waals surface area contributed by atoms with E-state index in [1.54, 1.807) is 30.5 Å². The zero-order valence-electron chi connectivity index (χ0n) is 13.9. The molecule has 0 atom stereocenters. The molecule has 0 bridgehead atoms. The van der Waals surface area contributed by atoms with E-state index >= 15 is 0 Å². The number of benzene rings is 1. The van der Waals surface area contributed by atoms with E-state index < -0.39 is 0 Å². The number of hydrogen-bond acceptors (Lipinski definition) is 5. The average Bonchev–Trinajstić information content (AvgIpc) is 3.25. The Kier molecular flexibility index (Phi) is 5.67. The Bertz CT molecular complexity index is 856. The van der Waals surface area contributed by atoms with Gasteiger partial charge in [0.05, 0.1) is 13.1 Å².